The first-order valence-electron chi connectivity index (χ1n) is 4.43. The maximum absolute atomic E-state index is 5.71. The average molecular weight is 239 g/mol. The van der Waals surface area contributed by atoms with E-state index < -0.39 is 0 Å². The standard InChI is InChI=1S/C12H8Cl2O/c13-8-12(14)15-11-7-3-5-9-4-1-2-6-10(9)11/h1-8H/b12-8-. The zero-order valence-electron chi connectivity index (χ0n) is 7.78. The fraction of sp³-hybridized carbons (Fsp3) is 0. The molecular formula is C12H8Cl2O. The Kier molecular flexibility index (Phi) is 3.14. The lowest BCUT2D eigenvalue weighted by atomic mass is 10.1. The van der Waals surface area contributed by atoms with Crippen LogP contribution in [0.2, 0.25) is 0 Å². The molecule has 0 saturated heterocycles. The molecule has 0 aliphatic heterocycles. The Balaban J connectivity index is 2.51. The quantitative estimate of drug-likeness (QED) is 0.701. The highest BCUT2D eigenvalue weighted by molar-refractivity contribution is 6.35. The number of halogens is 2. The lowest BCUT2D eigenvalue weighted by Gasteiger charge is -2.06. The summed E-state index contributed by atoms with van der Waals surface area (Å²) in [5.74, 6) is 0.704. The first kappa shape index (κ1) is 10.3. The Bertz CT molecular complexity index is 500. The molecule has 0 bridgehead atoms. The molecule has 76 valence electrons. The molecule has 2 aromatic carbocycles. The zero-order valence-corrected chi connectivity index (χ0v) is 9.29. The van der Waals surface area contributed by atoms with Gasteiger partial charge in [-0.25, -0.2) is 0 Å². The highest BCUT2D eigenvalue weighted by Gasteiger charge is 2.02. The number of rotatable bonds is 2. The second-order valence-corrected chi connectivity index (χ2v) is 3.58. The summed E-state index contributed by atoms with van der Waals surface area (Å²) in [7, 11) is 0. The van der Waals surface area contributed by atoms with Gasteiger partial charge in [0.05, 0.1) is 5.54 Å². The van der Waals surface area contributed by atoms with E-state index in [2.05, 4.69) is 0 Å². The van der Waals surface area contributed by atoms with Gasteiger partial charge in [0.15, 0.2) is 0 Å². The van der Waals surface area contributed by atoms with Crippen molar-refractivity contribution in [2.24, 2.45) is 0 Å². The van der Waals surface area contributed by atoms with E-state index in [9.17, 15) is 0 Å². The molecule has 2 rings (SSSR count). The number of benzene rings is 2. The Hall–Kier alpha value is -1.18. The van der Waals surface area contributed by atoms with Crippen LogP contribution in [0.15, 0.2) is 53.2 Å². The van der Waals surface area contributed by atoms with E-state index in [4.69, 9.17) is 27.9 Å². The molecule has 0 aliphatic carbocycles. The molecule has 3 heteroatoms. The lowest BCUT2D eigenvalue weighted by Crippen LogP contribution is -1.88. The van der Waals surface area contributed by atoms with Gasteiger partial charge in [-0.3, -0.25) is 0 Å². The first-order chi connectivity index (χ1) is 7.31. The maximum Gasteiger partial charge on any atom is 0.205 e. The van der Waals surface area contributed by atoms with E-state index in [0.29, 0.717) is 5.75 Å². The van der Waals surface area contributed by atoms with Gasteiger partial charge in [-0.2, -0.15) is 0 Å². The molecule has 0 aromatic heterocycles. The van der Waals surface area contributed by atoms with E-state index in [-0.39, 0.29) is 5.22 Å². The Labute approximate surface area is 97.9 Å². The highest BCUT2D eigenvalue weighted by atomic mass is 35.5. The summed E-state index contributed by atoms with van der Waals surface area (Å²) < 4.78 is 5.37. The summed E-state index contributed by atoms with van der Waals surface area (Å²) in [6.45, 7) is 0. The van der Waals surface area contributed by atoms with Crippen LogP contribution in [0.3, 0.4) is 0 Å². The summed E-state index contributed by atoms with van der Waals surface area (Å²) >= 11 is 11.1. The number of hydrogen-bond donors (Lipinski definition) is 0. The van der Waals surface area contributed by atoms with Crippen molar-refractivity contribution in [1.82, 2.24) is 0 Å². The summed E-state index contributed by atoms with van der Waals surface area (Å²) in [6, 6.07) is 13.7. The van der Waals surface area contributed by atoms with Crippen molar-refractivity contribution in [1.29, 1.82) is 0 Å². The molecule has 0 fully saturated rings. The largest absolute Gasteiger partial charge is 0.444 e. The van der Waals surface area contributed by atoms with Crippen molar-refractivity contribution < 1.29 is 4.74 Å². The van der Waals surface area contributed by atoms with Crippen LogP contribution >= 0.6 is 23.2 Å². The predicted molar refractivity (Wildman–Crippen MR) is 64.4 cm³/mol. The smallest absolute Gasteiger partial charge is 0.205 e. The maximum atomic E-state index is 5.71. The van der Waals surface area contributed by atoms with Crippen molar-refractivity contribution in [2.45, 2.75) is 0 Å². The Morgan fingerprint density at radius 2 is 1.80 bits per heavy atom. The van der Waals surface area contributed by atoms with E-state index in [1.54, 1.807) is 0 Å². The predicted octanol–water partition coefficient (Wildman–Crippen LogP) is 4.50. The summed E-state index contributed by atoms with van der Waals surface area (Å²) in [4.78, 5) is 0. The van der Waals surface area contributed by atoms with Crippen LogP contribution in [-0.2, 0) is 0 Å². The second-order valence-electron chi connectivity index (χ2n) is 2.99. The molecule has 0 heterocycles. The molecule has 0 saturated carbocycles. The van der Waals surface area contributed by atoms with Gasteiger partial charge in [0.25, 0.3) is 0 Å². The summed E-state index contributed by atoms with van der Waals surface area (Å²) in [6.07, 6.45) is 0. The molecular weight excluding hydrogens is 231 g/mol. The van der Waals surface area contributed by atoms with Crippen molar-refractivity contribution in [2.75, 3.05) is 0 Å². The van der Waals surface area contributed by atoms with Crippen LogP contribution in [-0.4, -0.2) is 0 Å². The zero-order chi connectivity index (χ0) is 10.7. The minimum absolute atomic E-state index is 0.160. The first-order valence-corrected chi connectivity index (χ1v) is 5.24. The van der Waals surface area contributed by atoms with E-state index >= 15 is 0 Å². The Morgan fingerprint density at radius 1 is 1.07 bits per heavy atom. The number of fused-ring (bicyclic) bond motifs is 1. The minimum atomic E-state index is 0.160. The molecule has 0 atom stereocenters. The van der Waals surface area contributed by atoms with Crippen molar-refractivity contribution in [3.05, 3.63) is 53.2 Å². The molecule has 0 amide bonds. The summed E-state index contributed by atoms with van der Waals surface area (Å²) in [5.41, 5.74) is 1.20. The average Bonchev–Trinajstić information content (AvgIpc) is 2.29. The van der Waals surface area contributed by atoms with Gasteiger partial charge in [0.2, 0.25) is 5.22 Å². The van der Waals surface area contributed by atoms with Crippen LogP contribution in [0.1, 0.15) is 0 Å². The molecule has 0 aliphatic rings. The van der Waals surface area contributed by atoms with Crippen LogP contribution in [0.4, 0.5) is 0 Å². The lowest BCUT2D eigenvalue weighted by molar-refractivity contribution is 0.469. The van der Waals surface area contributed by atoms with Crippen LogP contribution < -0.4 is 4.74 Å². The van der Waals surface area contributed by atoms with Gasteiger partial charge in [-0.1, -0.05) is 48.0 Å². The fourth-order valence-corrected chi connectivity index (χ4v) is 1.54. The monoisotopic (exact) mass is 238 g/mol. The second kappa shape index (κ2) is 4.56. The van der Waals surface area contributed by atoms with Gasteiger partial charge in [0.1, 0.15) is 5.75 Å². The van der Waals surface area contributed by atoms with E-state index in [1.165, 1.54) is 5.54 Å². The van der Waals surface area contributed by atoms with Crippen molar-refractivity contribution in [3.8, 4) is 5.75 Å². The minimum Gasteiger partial charge on any atom is -0.444 e. The third-order valence-corrected chi connectivity index (χ3v) is 2.54. The van der Waals surface area contributed by atoms with Crippen LogP contribution in [0.25, 0.3) is 10.8 Å². The third kappa shape index (κ3) is 2.25. The van der Waals surface area contributed by atoms with Gasteiger partial charge < -0.3 is 4.74 Å². The van der Waals surface area contributed by atoms with E-state index in [0.717, 1.165) is 10.8 Å². The molecule has 0 radical (unpaired) electrons. The normalized spacial score (nSPS) is 11.7. The SMILES string of the molecule is Cl/C=C(/Cl)Oc1cccc2ccccc12. The summed E-state index contributed by atoms with van der Waals surface area (Å²) in [5, 5.41) is 2.28. The molecule has 0 unspecified atom stereocenters. The van der Waals surface area contributed by atoms with Gasteiger partial charge in [0, 0.05) is 5.39 Å². The molecule has 0 N–H and O–H groups in total. The van der Waals surface area contributed by atoms with Crippen molar-refractivity contribution in [3.63, 3.8) is 0 Å². The third-order valence-electron chi connectivity index (χ3n) is 2.04. The molecule has 0 spiro atoms. The number of ether oxygens (including phenoxy) is 1. The van der Waals surface area contributed by atoms with Crippen LogP contribution in [0, 0.1) is 0 Å². The molecule has 15 heavy (non-hydrogen) atoms. The Morgan fingerprint density at radius 3 is 2.60 bits per heavy atom. The molecule has 1 nitrogen and oxygen atoms in total. The number of hydrogen-bond acceptors (Lipinski definition) is 1. The fourth-order valence-electron chi connectivity index (χ4n) is 1.41. The topological polar surface area (TPSA) is 9.23 Å². The van der Waals surface area contributed by atoms with E-state index in [1.807, 2.05) is 42.5 Å². The van der Waals surface area contributed by atoms with Crippen molar-refractivity contribution >= 4 is 34.0 Å². The van der Waals surface area contributed by atoms with Crippen LogP contribution in [0.5, 0.6) is 5.75 Å². The van der Waals surface area contributed by atoms with Gasteiger partial charge in [-0.15, -0.1) is 0 Å². The van der Waals surface area contributed by atoms with Gasteiger partial charge in [-0.05, 0) is 23.1 Å². The highest BCUT2D eigenvalue weighted by Crippen LogP contribution is 2.27. The van der Waals surface area contributed by atoms with Gasteiger partial charge >= 0.3 is 0 Å². The molecule has 2 aromatic rings.